The highest BCUT2D eigenvalue weighted by Gasteiger charge is 2.07. The number of hydrogen-bond acceptors (Lipinski definition) is 3. The number of H-pyrrole nitrogens is 2. The quantitative estimate of drug-likeness (QED) is 0.609. The average molecular weight is 213 g/mol. The molecule has 16 heavy (non-hydrogen) atoms. The van der Waals surface area contributed by atoms with E-state index in [9.17, 15) is 0 Å². The largest absolute Gasteiger partial charge is 0.372 e. The molecule has 0 aliphatic heterocycles. The van der Waals surface area contributed by atoms with Crippen LogP contribution in [0, 0.1) is 0 Å². The lowest BCUT2D eigenvalue weighted by atomic mass is 10.3. The summed E-state index contributed by atoms with van der Waals surface area (Å²) in [6.45, 7) is 0. The number of nitrogens with one attached hydrogen (secondary N) is 3. The maximum Gasteiger partial charge on any atom is 0.156 e. The van der Waals surface area contributed by atoms with Gasteiger partial charge in [0, 0.05) is 13.1 Å². The molecular weight excluding hydrogens is 202 g/mol. The summed E-state index contributed by atoms with van der Waals surface area (Å²) in [5, 5.41) is 9.98. The van der Waals surface area contributed by atoms with Crippen molar-refractivity contribution in [1.82, 2.24) is 20.2 Å². The monoisotopic (exact) mass is 213 g/mol. The molecule has 3 aromatic rings. The van der Waals surface area contributed by atoms with Gasteiger partial charge in [0.1, 0.15) is 11.5 Å². The molecule has 1 aromatic carbocycles. The molecule has 0 fully saturated rings. The van der Waals surface area contributed by atoms with E-state index < -0.39 is 0 Å². The first-order valence-corrected chi connectivity index (χ1v) is 5.05. The number of rotatable bonds is 2. The van der Waals surface area contributed by atoms with E-state index >= 15 is 0 Å². The minimum Gasteiger partial charge on any atom is -0.372 e. The van der Waals surface area contributed by atoms with Crippen LogP contribution in [0.4, 0.5) is 5.82 Å². The number of anilines is 1. The normalized spacial score (nSPS) is 10.8. The number of benzene rings is 1. The molecule has 80 valence electrons. The number of hydrogen-bond donors (Lipinski definition) is 3. The summed E-state index contributed by atoms with van der Waals surface area (Å²) < 4.78 is 0. The van der Waals surface area contributed by atoms with Crippen LogP contribution >= 0.6 is 0 Å². The first-order chi connectivity index (χ1) is 7.86. The van der Waals surface area contributed by atoms with Gasteiger partial charge in [0.05, 0.1) is 11.0 Å². The van der Waals surface area contributed by atoms with Crippen LogP contribution in [0.3, 0.4) is 0 Å². The van der Waals surface area contributed by atoms with E-state index in [-0.39, 0.29) is 0 Å². The van der Waals surface area contributed by atoms with Crippen LogP contribution in [0.25, 0.3) is 22.6 Å². The van der Waals surface area contributed by atoms with Crippen molar-refractivity contribution in [3.8, 4) is 11.5 Å². The molecule has 0 amide bonds. The molecule has 3 N–H and O–H groups in total. The molecule has 2 aromatic heterocycles. The number of nitrogens with zero attached hydrogens (tertiary/aromatic N) is 2. The Labute approximate surface area is 91.9 Å². The smallest absolute Gasteiger partial charge is 0.156 e. The Kier molecular flexibility index (Phi) is 1.89. The lowest BCUT2D eigenvalue weighted by molar-refractivity contribution is 1.08. The minimum atomic E-state index is 0.801. The van der Waals surface area contributed by atoms with Crippen molar-refractivity contribution < 1.29 is 0 Å². The van der Waals surface area contributed by atoms with Gasteiger partial charge in [0.25, 0.3) is 0 Å². The Balaban J connectivity index is 2.11. The van der Waals surface area contributed by atoms with Crippen LogP contribution in [0.2, 0.25) is 0 Å². The minimum absolute atomic E-state index is 0.801. The van der Waals surface area contributed by atoms with Crippen LogP contribution in [0.1, 0.15) is 0 Å². The number of fused-ring (bicyclic) bond motifs is 1. The summed E-state index contributed by atoms with van der Waals surface area (Å²) in [7, 11) is 1.83. The molecule has 5 nitrogen and oxygen atoms in total. The van der Waals surface area contributed by atoms with Crippen LogP contribution in [0.15, 0.2) is 30.3 Å². The highest BCUT2D eigenvalue weighted by Crippen LogP contribution is 2.20. The summed E-state index contributed by atoms with van der Waals surface area (Å²) >= 11 is 0. The number of aromatic amines is 2. The summed E-state index contributed by atoms with van der Waals surface area (Å²) in [5.74, 6) is 1.60. The van der Waals surface area contributed by atoms with Gasteiger partial charge in [-0.05, 0) is 12.1 Å². The summed E-state index contributed by atoms with van der Waals surface area (Å²) in [6, 6.07) is 9.85. The molecule has 0 unspecified atom stereocenters. The predicted molar refractivity (Wildman–Crippen MR) is 63.2 cm³/mol. The van der Waals surface area contributed by atoms with Crippen LogP contribution in [-0.4, -0.2) is 27.2 Å². The number of para-hydroxylation sites is 2. The SMILES string of the molecule is CNc1cc(-c2nc3ccccc3[nH]2)[nH]n1. The third-order valence-electron chi connectivity index (χ3n) is 2.48. The molecule has 0 saturated carbocycles. The van der Waals surface area contributed by atoms with Gasteiger partial charge in [-0.1, -0.05) is 12.1 Å². The van der Waals surface area contributed by atoms with E-state index in [0.717, 1.165) is 28.4 Å². The average Bonchev–Trinajstić information content (AvgIpc) is 2.95. The van der Waals surface area contributed by atoms with Crippen molar-refractivity contribution >= 4 is 16.9 Å². The number of aromatic nitrogens is 4. The summed E-state index contributed by atoms with van der Waals surface area (Å²) in [4.78, 5) is 7.72. The van der Waals surface area contributed by atoms with Crippen molar-refractivity contribution in [2.24, 2.45) is 0 Å². The highest BCUT2D eigenvalue weighted by atomic mass is 15.2. The molecule has 0 aliphatic rings. The molecular formula is C11H11N5. The van der Waals surface area contributed by atoms with E-state index in [2.05, 4.69) is 25.5 Å². The molecule has 0 spiro atoms. The van der Waals surface area contributed by atoms with Crippen LogP contribution < -0.4 is 5.32 Å². The van der Waals surface area contributed by atoms with Gasteiger partial charge in [-0.25, -0.2) is 4.98 Å². The van der Waals surface area contributed by atoms with Gasteiger partial charge in [-0.15, -0.1) is 0 Å². The Morgan fingerprint density at radius 3 is 2.88 bits per heavy atom. The van der Waals surface area contributed by atoms with Gasteiger partial charge in [-0.2, -0.15) is 5.10 Å². The van der Waals surface area contributed by atoms with E-state index in [0.29, 0.717) is 0 Å². The summed E-state index contributed by atoms with van der Waals surface area (Å²) in [5.41, 5.74) is 2.86. The van der Waals surface area contributed by atoms with Crippen molar-refractivity contribution in [1.29, 1.82) is 0 Å². The van der Waals surface area contributed by atoms with Gasteiger partial charge in [0.2, 0.25) is 0 Å². The van der Waals surface area contributed by atoms with E-state index in [1.54, 1.807) is 0 Å². The van der Waals surface area contributed by atoms with E-state index in [1.807, 2.05) is 37.4 Å². The molecule has 0 atom stereocenters. The maximum atomic E-state index is 4.48. The third kappa shape index (κ3) is 1.33. The van der Waals surface area contributed by atoms with Gasteiger partial charge in [0.15, 0.2) is 5.82 Å². The lowest BCUT2D eigenvalue weighted by Crippen LogP contribution is -1.85. The Morgan fingerprint density at radius 1 is 1.25 bits per heavy atom. The lowest BCUT2D eigenvalue weighted by Gasteiger charge is -1.87. The van der Waals surface area contributed by atoms with Gasteiger partial charge in [-0.3, -0.25) is 5.10 Å². The van der Waals surface area contributed by atoms with Gasteiger partial charge < -0.3 is 10.3 Å². The van der Waals surface area contributed by atoms with Crippen LogP contribution in [0.5, 0.6) is 0 Å². The predicted octanol–water partition coefficient (Wildman–Crippen LogP) is 1.99. The molecule has 0 aliphatic carbocycles. The second-order valence-corrected chi connectivity index (χ2v) is 3.52. The zero-order valence-electron chi connectivity index (χ0n) is 8.78. The molecule has 0 saturated heterocycles. The molecule has 5 heteroatoms. The Hall–Kier alpha value is -2.30. The van der Waals surface area contributed by atoms with Crippen LogP contribution in [-0.2, 0) is 0 Å². The van der Waals surface area contributed by atoms with E-state index in [1.165, 1.54) is 0 Å². The fourth-order valence-electron chi connectivity index (χ4n) is 1.65. The number of imidazole rings is 1. The second kappa shape index (κ2) is 3.37. The summed E-state index contributed by atoms with van der Waals surface area (Å²) in [6.07, 6.45) is 0. The molecule has 2 heterocycles. The first-order valence-electron chi connectivity index (χ1n) is 5.05. The standard InChI is InChI=1S/C11H11N5/c1-12-10-6-9(15-16-10)11-13-7-4-2-3-5-8(7)14-11/h2-6H,1H3,(H,13,14)(H2,12,15,16). The third-order valence-corrected chi connectivity index (χ3v) is 2.48. The zero-order valence-corrected chi connectivity index (χ0v) is 8.78. The fraction of sp³-hybridized carbons (Fsp3) is 0.0909. The van der Waals surface area contributed by atoms with Crippen molar-refractivity contribution in [2.45, 2.75) is 0 Å². The second-order valence-electron chi connectivity index (χ2n) is 3.52. The zero-order chi connectivity index (χ0) is 11.0. The maximum absolute atomic E-state index is 4.48. The van der Waals surface area contributed by atoms with E-state index in [4.69, 9.17) is 0 Å². The molecule has 0 bridgehead atoms. The topological polar surface area (TPSA) is 69.4 Å². The van der Waals surface area contributed by atoms with Crippen molar-refractivity contribution in [2.75, 3.05) is 12.4 Å². The van der Waals surface area contributed by atoms with Gasteiger partial charge >= 0.3 is 0 Å². The highest BCUT2D eigenvalue weighted by molar-refractivity contribution is 5.78. The van der Waals surface area contributed by atoms with Crippen molar-refractivity contribution in [3.63, 3.8) is 0 Å². The molecule has 0 radical (unpaired) electrons. The fourth-order valence-corrected chi connectivity index (χ4v) is 1.65. The molecule has 3 rings (SSSR count). The first kappa shape index (κ1) is 8.96. The Morgan fingerprint density at radius 2 is 2.12 bits per heavy atom. The Bertz CT molecular complexity index is 589. The van der Waals surface area contributed by atoms with Crippen molar-refractivity contribution in [3.05, 3.63) is 30.3 Å².